The van der Waals surface area contributed by atoms with Crippen molar-refractivity contribution >= 4 is 17.7 Å². The number of pyridine rings is 1. The van der Waals surface area contributed by atoms with Gasteiger partial charge in [-0.15, -0.1) is 0 Å². The molecule has 2 aliphatic rings. The van der Waals surface area contributed by atoms with E-state index in [-0.39, 0.29) is 11.9 Å². The fourth-order valence-corrected chi connectivity index (χ4v) is 5.25. The van der Waals surface area contributed by atoms with Crippen molar-refractivity contribution in [2.24, 2.45) is 0 Å². The van der Waals surface area contributed by atoms with E-state index in [0.717, 1.165) is 68.3 Å². The molecular weight excluding hydrogens is 465 g/mol. The SMILES string of the molecule is CCCCN1CCN(c2cccc(-c3cnc(/C=C\C(=N)N4CCC[C@@H]4c4cccc(F)c4)[nH]3)n2)CC1. The molecule has 0 radical (unpaired) electrons. The summed E-state index contributed by atoms with van der Waals surface area (Å²) in [5.74, 6) is 1.85. The maximum Gasteiger partial charge on any atom is 0.130 e. The third-order valence-electron chi connectivity index (χ3n) is 7.32. The fraction of sp³-hybridized carbons (Fsp3) is 0.414. The highest BCUT2D eigenvalue weighted by molar-refractivity contribution is 5.94. The predicted molar refractivity (Wildman–Crippen MR) is 147 cm³/mol. The molecule has 2 fully saturated rings. The van der Waals surface area contributed by atoms with Gasteiger partial charge in [-0.05, 0) is 67.8 Å². The highest BCUT2D eigenvalue weighted by atomic mass is 19.1. The number of imidazole rings is 1. The minimum Gasteiger partial charge on any atom is -0.354 e. The van der Waals surface area contributed by atoms with E-state index in [4.69, 9.17) is 10.4 Å². The van der Waals surface area contributed by atoms with Gasteiger partial charge in [0.15, 0.2) is 0 Å². The quantitative estimate of drug-likeness (QED) is 0.321. The molecule has 8 heteroatoms. The number of benzene rings is 1. The number of H-pyrrole nitrogens is 1. The van der Waals surface area contributed by atoms with Crippen LogP contribution in [0.1, 0.15) is 50.0 Å². The summed E-state index contributed by atoms with van der Waals surface area (Å²) in [6.45, 7) is 8.35. The maximum atomic E-state index is 13.7. The summed E-state index contributed by atoms with van der Waals surface area (Å²) in [7, 11) is 0. The van der Waals surface area contributed by atoms with Crippen LogP contribution in [-0.4, -0.2) is 69.9 Å². The molecule has 7 nitrogen and oxygen atoms in total. The van der Waals surface area contributed by atoms with Gasteiger partial charge in [-0.2, -0.15) is 0 Å². The molecule has 5 rings (SSSR count). The minimum absolute atomic E-state index is 0.0282. The van der Waals surface area contributed by atoms with Crippen molar-refractivity contribution in [1.29, 1.82) is 5.41 Å². The van der Waals surface area contributed by atoms with Crippen LogP contribution in [0.15, 0.2) is 54.7 Å². The Morgan fingerprint density at radius 3 is 2.78 bits per heavy atom. The molecule has 2 saturated heterocycles. The Morgan fingerprint density at radius 1 is 1.14 bits per heavy atom. The highest BCUT2D eigenvalue weighted by Crippen LogP contribution is 2.32. The molecule has 0 amide bonds. The fourth-order valence-electron chi connectivity index (χ4n) is 5.25. The summed E-state index contributed by atoms with van der Waals surface area (Å²) >= 11 is 0. The Morgan fingerprint density at radius 2 is 1.97 bits per heavy atom. The lowest BCUT2D eigenvalue weighted by molar-refractivity contribution is 0.253. The van der Waals surface area contributed by atoms with Gasteiger partial charge in [0.25, 0.3) is 0 Å². The molecular formula is C29H36FN7. The number of nitrogens with zero attached hydrogens (tertiary/aromatic N) is 5. The van der Waals surface area contributed by atoms with Crippen LogP contribution in [0.3, 0.4) is 0 Å². The molecule has 1 aromatic carbocycles. The van der Waals surface area contributed by atoms with Gasteiger partial charge in [0.2, 0.25) is 0 Å². The Labute approximate surface area is 218 Å². The molecule has 194 valence electrons. The van der Waals surface area contributed by atoms with Crippen LogP contribution >= 0.6 is 0 Å². The number of aromatic nitrogens is 3. The summed E-state index contributed by atoms with van der Waals surface area (Å²) in [5, 5.41) is 8.61. The van der Waals surface area contributed by atoms with Crippen molar-refractivity contribution < 1.29 is 4.39 Å². The predicted octanol–water partition coefficient (Wildman–Crippen LogP) is 5.36. The van der Waals surface area contributed by atoms with Crippen LogP contribution in [0.2, 0.25) is 0 Å². The second-order valence-electron chi connectivity index (χ2n) is 9.87. The molecule has 0 saturated carbocycles. The van der Waals surface area contributed by atoms with Crippen molar-refractivity contribution in [3.05, 3.63) is 71.9 Å². The molecule has 0 bridgehead atoms. The van der Waals surface area contributed by atoms with Crippen molar-refractivity contribution in [2.45, 2.75) is 38.6 Å². The molecule has 1 atom stereocenters. The molecule has 0 aliphatic carbocycles. The number of piperazine rings is 1. The first-order valence-corrected chi connectivity index (χ1v) is 13.4. The number of hydrogen-bond acceptors (Lipinski definition) is 5. The second kappa shape index (κ2) is 11.7. The van der Waals surface area contributed by atoms with Crippen LogP contribution < -0.4 is 4.90 Å². The zero-order chi connectivity index (χ0) is 25.6. The van der Waals surface area contributed by atoms with Crippen LogP contribution in [0.5, 0.6) is 0 Å². The van der Waals surface area contributed by atoms with E-state index < -0.39 is 0 Å². The van der Waals surface area contributed by atoms with Crippen LogP contribution in [0.25, 0.3) is 17.5 Å². The second-order valence-corrected chi connectivity index (χ2v) is 9.87. The standard InChI is InChI=1S/C29H36FN7/c1-2-3-14-35-16-18-36(19-17-35)29-11-5-9-24(34-29)25-21-32-28(33-25)13-12-27(31)37-15-6-10-26(37)22-7-4-8-23(30)20-22/h4-5,7-9,11-13,20-21,26,31H,2-3,6,10,14-19H2,1H3,(H,32,33)/b13-12-,31-27?/t26-/m1/s1. The third kappa shape index (κ3) is 6.07. The average molecular weight is 502 g/mol. The van der Waals surface area contributed by atoms with Gasteiger partial charge in [-0.25, -0.2) is 14.4 Å². The topological polar surface area (TPSA) is 75.1 Å². The van der Waals surface area contributed by atoms with Crippen LogP contribution in [-0.2, 0) is 0 Å². The number of unbranched alkanes of at least 4 members (excludes halogenated alkanes) is 1. The molecule has 2 aromatic heterocycles. The lowest BCUT2D eigenvalue weighted by atomic mass is 10.0. The number of nitrogens with one attached hydrogen (secondary N) is 2. The molecule has 0 spiro atoms. The molecule has 37 heavy (non-hydrogen) atoms. The lowest BCUT2D eigenvalue weighted by Crippen LogP contribution is -2.46. The summed E-state index contributed by atoms with van der Waals surface area (Å²) in [5.41, 5.74) is 2.64. The van der Waals surface area contributed by atoms with E-state index in [9.17, 15) is 4.39 Å². The van der Waals surface area contributed by atoms with Gasteiger partial charge in [0.05, 0.1) is 23.6 Å². The first kappa shape index (κ1) is 25.1. The summed E-state index contributed by atoms with van der Waals surface area (Å²) < 4.78 is 13.7. The number of likely N-dealkylation sites (tertiary alicyclic amines) is 1. The molecule has 4 heterocycles. The van der Waals surface area contributed by atoms with Crippen molar-refractivity contribution in [1.82, 2.24) is 24.8 Å². The number of rotatable bonds is 8. The number of anilines is 1. The minimum atomic E-state index is -0.235. The van der Waals surface area contributed by atoms with Gasteiger partial charge in [-0.1, -0.05) is 31.5 Å². The van der Waals surface area contributed by atoms with Crippen molar-refractivity contribution in [3.8, 4) is 11.4 Å². The monoisotopic (exact) mass is 501 g/mol. The maximum absolute atomic E-state index is 13.7. The van der Waals surface area contributed by atoms with Crippen LogP contribution in [0.4, 0.5) is 10.2 Å². The van der Waals surface area contributed by atoms with Gasteiger partial charge in [0.1, 0.15) is 23.3 Å². The number of amidine groups is 1. The van der Waals surface area contributed by atoms with Gasteiger partial charge < -0.3 is 14.8 Å². The van der Waals surface area contributed by atoms with E-state index in [1.165, 1.54) is 25.5 Å². The third-order valence-corrected chi connectivity index (χ3v) is 7.32. The highest BCUT2D eigenvalue weighted by Gasteiger charge is 2.27. The van der Waals surface area contributed by atoms with E-state index in [1.54, 1.807) is 24.4 Å². The normalized spacial score (nSPS) is 18.7. The van der Waals surface area contributed by atoms with Gasteiger partial charge in [0, 0.05) is 32.7 Å². The molecule has 2 N–H and O–H groups in total. The Bertz CT molecular complexity index is 1230. The molecule has 2 aliphatic heterocycles. The number of halogens is 1. The largest absolute Gasteiger partial charge is 0.354 e. The molecule has 3 aromatic rings. The number of aromatic amines is 1. The Hall–Kier alpha value is -3.52. The summed E-state index contributed by atoms with van der Waals surface area (Å²) in [4.78, 5) is 19.7. The van der Waals surface area contributed by atoms with Gasteiger partial charge >= 0.3 is 0 Å². The molecule has 0 unspecified atom stereocenters. The Balaban J connectivity index is 1.22. The Kier molecular flexibility index (Phi) is 7.94. The van der Waals surface area contributed by atoms with Crippen molar-refractivity contribution in [3.63, 3.8) is 0 Å². The lowest BCUT2D eigenvalue weighted by Gasteiger charge is -2.35. The van der Waals surface area contributed by atoms with Crippen LogP contribution in [0, 0.1) is 11.2 Å². The van der Waals surface area contributed by atoms with E-state index in [2.05, 4.69) is 32.8 Å². The zero-order valence-electron chi connectivity index (χ0n) is 21.5. The van der Waals surface area contributed by atoms with E-state index in [1.807, 2.05) is 29.2 Å². The summed E-state index contributed by atoms with van der Waals surface area (Å²) in [6, 6.07) is 12.9. The number of hydrogen-bond donors (Lipinski definition) is 2. The van der Waals surface area contributed by atoms with E-state index in [0.29, 0.717) is 11.7 Å². The van der Waals surface area contributed by atoms with Crippen molar-refractivity contribution in [2.75, 3.05) is 44.2 Å². The summed E-state index contributed by atoms with van der Waals surface area (Å²) in [6.07, 6.45) is 9.78. The first-order valence-electron chi connectivity index (χ1n) is 13.4. The average Bonchev–Trinajstić information content (AvgIpc) is 3.61. The first-order chi connectivity index (χ1) is 18.1. The smallest absolute Gasteiger partial charge is 0.130 e. The van der Waals surface area contributed by atoms with Gasteiger partial charge in [-0.3, -0.25) is 10.3 Å². The zero-order valence-corrected chi connectivity index (χ0v) is 21.5. The van der Waals surface area contributed by atoms with E-state index >= 15 is 0 Å².